The molecule has 0 saturated carbocycles. The van der Waals surface area contributed by atoms with Crippen molar-refractivity contribution < 1.29 is 27.1 Å². The summed E-state index contributed by atoms with van der Waals surface area (Å²) in [4.78, 5) is 14.4. The topological polar surface area (TPSA) is 113 Å². The number of carbonyl (C=O) groups excluding carboxylic acids is 1. The lowest BCUT2D eigenvalue weighted by molar-refractivity contribution is -0.133. The van der Waals surface area contributed by atoms with Crippen LogP contribution in [-0.4, -0.2) is 55.8 Å². The molecule has 10 heteroatoms. The van der Waals surface area contributed by atoms with Crippen molar-refractivity contribution in [1.82, 2.24) is 9.62 Å². The normalized spacial score (nSPS) is 13.5. The largest absolute Gasteiger partial charge is 0.390 e. The number of hydrogen-bond acceptors (Lipinski definition) is 5. The molecule has 188 valence electrons. The summed E-state index contributed by atoms with van der Waals surface area (Å²) in [5.74, 6) is -1.72. The second-order valence-corrected chi connectivity index (χ2v) is 10.3. The summed E-state index contributed by atoms with van der Waals surface area (Å²) >= 11 is 0. The van der Waals surface area contributed by atoms with E-state index in [4.69, 9.17) is 5.73 Å². The van der Waals surface area contributed by atoms with Gasteiger partial charge in [0, 0.05) is 38.2 Å². The molecule has 0 bridgehead atoms. The molecule has 0 unspecified atom stereocenters. The van der Waals surface area contributed by atoms with Crippen LogP contribution in [0.25, 0.3) is 0 Å². The van der Waals surface area contributed by atoms with Crippen molar-refractivity contribution >= 4 is 15.9 Å². The summed E-state index contributed by atoms with van der Waals surface area (Å²) in [6.07, 6.45) is 1.14. The predicted octanol–water partition coefficient (Wildman–Crippen LogP) is 2.12. The predicted molar refractivity (Wildman–Crippen MR) is 127 cm³/mol. The first kappa shape index (κ1) is 27.8. The van der Waals surface area contributed by atoms with Gasteiger partial charge in [-0.3, -0.25) is 4.79 Å². The van der Waals surface area contributed by atoms with Crippen LogP contribution >= 0.6 is 0 Å². The number of rotatable bonds is 13. The third-order valence-corrected chi connectivity index (χ3v) is 6.08. The molecule has 7 nitrogen and oxygen atoms in total. The zero-order chi connectivity index (χ0) is 25.3. The monoisotopic (exact) mass is 497 g/mol. The summed E-state index contributed by atoms with van der Waals surface area (Å²) in [6.45, 7) is 2.31. The van der Waals surface area contributed by atoms with E-state index in [1.807, 2.05) is 31.2 Å². The summed E-state index contributed by atoms with van der Waals surface area (Å²) in [6, 6.07) is 9.95. The summed E-state index contributed by atoms with van der Waals surface area (Å²) < 4.78 is 51.8. The standard InChI is InChI=1S/C24H33F2N3O4S/c1-3-17-6-4-7-18(10-17)15-29(24(31)8-5-9-28-34(2,32)33)16-23(30)22(27)13-19-11-20(25)14-21(26)12-19/h4,6-7,10-12,14,22-23,28,30H,3,5,8-9,13,15-16,27H2,1-2H3/t22-,23+/m0/s1. The molecule has 34 heavy (non-hydrogen) atoms. The highest BCUT2D eigenvalue weighted by atomic mass is 32.2. The van der Waals surface area contributed by atoms with Crippen LogP contribution in [0.2, 0.25) is 0 Å². The van der Waals surface area contributed by atoms with E-state index in [-0.39, 0.29) is 38.4 Å². The average Bonchev–Trinajstić information content (AvgIpc) is 2.74. The molecule has 2 aromatic rings. The number of sulfonamides is 1. The zero-order valence-corrected chi connectivity index (χ0v) is 20.3. The van der Waals surface area contributed by atoms with Crippen molar-refractivity contribution in [2.75, 3.05) is 19.3 Å². The fourth-order valence-corrected chi connectivity index (χ4v) is 4.09. The van der Waals surface area contributed by atoms with E-state index in [0.717, 1.165) is 42.0 Å². The van der Waals surface area contributed by atoms with Gasteiger partial charge in [0.15, 0.2) is 0 Å². The molecule has 0 radical (unpaired) electrons. The Labute approximate surface area is 200 Å². The quantitative estimate of drug-likeness (QED) is 0.367. The number of nitrogens with zero attached hydrogens (tertiary/aromatic N) is 1. The Morgan fingerprint density at radius 2 is 1.76 bits per heavy atom. The molecule has 2 atom stereocenters. The molecule has 0 aliphatic carbocycles. The van der Waals surface area contributed by atoms with Gasteiger partial charge in [0.05, 0.1) is 12.4 Å². The lowest BCUT2D eigenvalue weighted by Crippen LogP contribution is -2.46. The van der Waals surface area contributed by atoms with Crippen LogP contribution in [0.15, 0.2) is 42.5 Å². The highest BCUT2D eigenvalue weighted by molar-refractivity contribution is 7.88. The molecule has 2 aromatic carbocycles. The molecule has 1 amide bonds. The minimum Gasteiger partial charge on any atom is -0.390 e. The van der Waals surface area contributed by atoms with Crippen LogP contribution in [-0.2, 0) is 34.2 Å². The number of aryl methyl sites for hydroxylation is 1. The third-order valence-electron chi connectivity index (χ3n) is 5.35. The Hall–Kier alpha value is -2.40. The summed E-state index contributed by atoms with van der Waals surface area (Å²) in [5.41, 5.74) is 8.39. The van der Waals surface area contributed by atoms with E-state index in [9.17, 15) is 27.1 Å². The first-order valence-electron chi connectivity index (χ1n) is 11.2. The Morgan fingerprint density at radius 1 is 1.12 bits per heavy atom. The van der Waals surface area contributed by atoms with E-state index in [1.165, 1.54) is 4.90 Å². The SMILES string of the molecule is CCc1cccc(CN(C[C@@H](O)[C@@H](N)Cc2cc(F)cc(F)c2)C(=O)CCCNS(C)(=O)=O)c1. The molecule has 0 fully saturated rings. The Balaban J connectivity index is 2.09. The van der Waals surface area contributed by atoms with Gasteiger partial charge >= 0.3 is 0 Å². The molecule has 0 heterocycles. The van der Waals surface area contributed by atoms with Crippen LogP contribution < -0.4 is 10.5 Å². The van der Waals surface area contributed by atoms with Gasteiger partial charge in [0.25, 0.3) is 0 Å². The van der Waals surface area contributed by atoms with E-state index < -0.39 is 33.8 Å². The maximum Gasteiger partial charge on any atom is 0.223 e. The Morgan fingerprint density at radius 3 is 2.38 bits per heavy atom. The first-order chi connectivity index (χ1) is 16.0. The van der Waals surface area contributed by atoms with Crippen LogP contribution in [0.5, 0.6) is 0 Å². The molecule has 0 spiro atoms. The molecule has 0 saturated heterocycles. The number of benzene rings is 2. The maximum absolute atomic E-state index is 13.5. The molecule has 0 aromatic heterocycles. The van der Waals surface area contributed by atoms with Gasteiger partial charge in [-0.15, -0.1) is 0 Å². The maximum atomic E-state index is 13.5. The van der Waals surface area contributed by atoms with Gasteiger partial charge < -0.3 is 15.7 Å². The minimum atomic E-state index is -3.35. The van der Waals surface area contributed by atoms with E-state index in [1.54, 1.807) is 0 Å². The zero-order valence-electron chi connectivity index (χ0n) is 19.5. The second-order valence-electron chi connectivity index (χ2n) is 8.43. The van der Waals surface area contributed by atoms with Gasteiger partial charge in [-0.2, -0.15) is 0 Å². The molecule has 4 N–H and O–H groups in total. The van der Waals surface area contributed by atoms with Crippen LogP contribution in [0.1, 0.15) is 36.5 Å². The van der Waals surface area contributed by atoms with Crippen LogP contribution in [0, 0.1) is 11.6 Å². The van der Waals surface area contributed by atoms with Gasteiger partial charge in [0.2, 0.25) is 15.9 Å². The molecule has 0 aliphatic heterocycles. The second kappa shape index (κ2) is 12.9. The fourth-order valence-electron chi connectivity index (χ4n) is 3.58. The molecule has 0 aliphatic rings. The van der Waals surface area contributed by atoms with Gasteiger partial charge in [0.1, 0.15) is 11.6 Å². The molecular formula is C24H33F2N3O4S. The number of aliphatic hydroxyl groups is 1. The molecular weight excluding hydrogens is 464 g/mol. The highest BCUT2D eigenvalue weighted by Gasteiger charge is 2.23. The number of halogens is 2. The lowest BCUT2D eigenvalue weighted by atomic mass is 10.0. The van der Waals surface area contributed by atoms with Crippen molar-refractivity contribution in [2.45, 2.75) is 51.3 Å². The Bertz CT molecular complexity index is 1050. The van der Waals surface area contributed by atoms with E-state index in [0.29, 0.717) is 12.0 Å². The third kappa shape index (κ3) is 9.84. The fraction of sp³-hybridized carbons (Fsp3) is 0.458. The molecule has 2 rings (SSSR count). The van der Waals surface area contributed by atoms with Gasteiger partial charge in [-0.25, -0.2) is 21.9 Å². The lowest BCUT2D eigenvalue weighted by Gasteiger charge is -2.28. The van der Waals surface area contributed by atoms with Crippen molar-refractivity contribution in [3.05, 3.63) is 70.8 Å². The average molecular weight is 498 g/mol. The summed E-state index contributed by atoms with van der Waals surface area (Å²) in [5, 5.41) is 10.7. The Kier molecular flexibility index (Phi) is 10.6. The minimum absolute atomic E-state index is 0.0292. The van der Waals surface area contributed by atoms with Gasteiger partial charge in [-0.1, -0.05) is 31.2 Å². The summed E-state index contributed by atoms with van der Waals surface area (Å²) in [7, 11) is -3.35. The number of nitrogens with two attached hydrogens (primary N) is 1. The highest BCUT2D eigenvalue weighted by Crippen LogP contribution is 2.14. The number of carbonyl (C=O) groups is 1. The van der Waals surface area contributed by atoms with Crippen molar-refractivity contribution in [3.63, 3.8) is 0 Å². The van der Waals surface area contributed by atoms with Crippen molar-refractivity contribution in [3.8, 4) is 0 Å². The van der Waals surface area contributed by atoms with Crippen molar-refractivity contribution in [1.29, 1.82) is 0 Å². The van der Waals surface area contributed by atoms with E-state index in [2.05, 4.69) is 4.72 Å². The van der Waals surface area contributed by atoms with Crippen molar-refractivity contribution in [2.24, 2.45) is 5.73 Å². The number of aliphatic hydroxyl groups excluding tert-OH is 1. The number of hydrogen-bond donors (Lipinski definition) is 3. The van der Waals surface area contributed by atoms with Crippen LogP contribution in [0.3, 0.4) is 0 Å². The van der Waals surface area contributed by atoms with Crippen LogP contribution in [0.4, 0.5) is 8.78 Å². The first-order valence-corrected chi connectivity index (χ1v) is 13.0. The van der Waals surface area contributed by atoms with Gasteiger partial charge in [-0.05, 0) is 48.1 Å². The van der Waals surface area contributed by atoms with E-state index >= 15 is 0 Å². The smallest absolute Gasteiger partial charge is 0.223 e. The number of nitrogens with one attached hydrogen (secondary N) is 1. The number of amides is 1.